The van der Waals surface area contributed by atoms with Crippen molar-refractivity contribution < 1.29 is 9.21 Å². The van der Waals surface area contributed by atoms with Gasteiger partial charge < -0.3 is 9.73 Å². The number of carbonyl (C=O) groups is 1. The molecule has 0 aliphatic carbocycles. The number of rotatable bonds is 9. The minimum absolute atomic E-state index is 0.0903. The number of amides is 1. The highest BCUT2D eigenvalue weighted by Crippen LogP contribution is 2.31. The van der Waals surface area contributed by atoms with E-state index >= 15 is 0 Å². The van der Waals surface area contributed by atoms with Crippen molar-refractivity contribution in [3.63, 3.8) is 0 Å². The summed E-state index contributed by atoms with van der Waals surface area (Å²) in [5.41, 5.74) is 1.43. The topological polar surface area (TPSA) is 42.2 Å². The van der Waals surface area contributed by atoms with E-state index in [2.05, 4.69) is 57.3 Å². The molecule has 0 saturated heterocycles. The van der Waals surface area contributed by atoms with Crippen LogP contribution in [0.3, 0.4) is 0 Å². The van der Waals surface area contributed by atoms with Gasteiger partial charge in [-0.05, 0) is 41.9 Å². The molecule has 0 aliphatic rings. The van der Waals surface area contributed by atoms with E-state index < -0.39 is 0 Å². The van der Waals surface area contributed by atoms with Gasteiger partial charge in [0.15, 0.2) is 0 Å². The second kappa shape index (κ2) is 8.89. The van der Waals surface area contributed by atoms with Crippen molar-refractivity contribution >= 4 is 5.91 Å². The molecular formula is C22H31NO2. The Balaban J connectivity index is 1.89. The smallest absolute Gasteiger partial charge is 0.220 e. The van der Waals surface area contributed by atoms with Crippen molar-refractivity contribution in [3.8, 4) is 0 Å². The Morgan fingerprint density at radius 3 is 2.44 bits per heavy atom. The Bertz CT molecular complexity index is 633. The lowest BCUT2D eigenvalue weighted by molar-refractivity contribution is -0.121. The van der Waals surface area contributed by atoms with E-state index in [0.717, 1.165) is 18.6 Å². The summed E-state index contributed by atoms with van der Waals surface area (Å²) in [7, 11) is 0. The molecular weight excluding hydrogens is 310 g/mol. The highest BCUT2D eigenvalue weighted by molar-refractivity contribution is 5.76. The number of furan rings is 1. The van der Waals surface area contributed by atoms with Crippen LogP contribution < -0.4 is 5.32 Å². The molecule has 3 heteroatoms. The van der Waals surface area contributed by atoms with Crippen molar-refractivity contribution in [3.05, 3.63) is 60.1 Å². The predicted molar refractivity (Wildman–Crippen MR) is 103 cm³/mol. The summed E-state index contributed by atoms with van der Waals surface area (Å²) >= 11 is 0. The third-order valence-electron chi connectivity index (χ3n) is 5.37. The molecule has 1 heterocycles. The van der Waals surface area contributed by atoms with Crippen LogP contribution in [0.5, 0.6) is 0 Å². The predicted octanol–water partition coefficient (Wildman–Crippen LogP) is 5.28. The van der Waals surface area contributed by atoms with Crippen molar-refractivity contribution in [2.75, 3.05) is 6.54 Å². The normalized spacial score (nSPS) is 14.9. The van der Waals surface area contributed by atoms with Crippen LogP contribution in [-0.2, 0) is 10.2 Å². The first-order chi connectivity index (χ1) is 12.0. The van der Waals surface area contributed by atoms with E-state index in [0.29, 0.717) is 18.9 Å². The lowest BCUT2D eigenvalue weighted by Gasteiger charge is -2.29. The fraction of sp³-hybridized carbons (Fsp3) is 0.500. The molecule has 0 radical (unpaired) electrons. The first-order valence-electron chi connectivity index (χ1n) is 9.32. The summed E-state index contributed by atoms with van der Waals surface area (Å²) in [5.74, 6) is 1.48. The minimum Gasteiger partial charge on any atom is -0.469 e. The zero-order valence-electron chi connectivity index (χ0n) is 15.9. The standard InChI is InChI=1S/C22H31NO2/c1-5-22(4,18-10-7-6-8-11-18)13-14-23-21(24)16-19(17(2)3)20-12-9-15-25-20/h6-12,15,17,19H,5,13-14,16H2,1-4H3,(H,23,24)/t19-,22-/m1/s1. The number of hydrogen-bond acceptors (Lipinski definition) is 2. The molecule has 0 bridgehead atoms. The summed E-state index contributed by atoms with van der Waals surface area (Å²) in [5, 5.41) is 3.11. The number of nitrogens with one attached hydrogen (secondary N) is 1. The molecule has 1 aromatic heterocycles. The van der Waals surface area contributed by atoms with Crippen LogP contribution in [0.15, 0.2) is 53.1 Å². The van der Waals surface area contributed by atoms with Gasteiger partial charge in [0.2, 0.25) is 5.91 Å². The van der Waals surface area contributed by atoms with Crippen molar-refractivity contribution in [2.45, 2.75) is 58.3 Å². The minimum atomic E-state index is 0.0903. The Hall–Kier alpha value is -2.03. The van der Waals surface area contributed by atoms with Gasteiger partial charge in [-0.1, -0.05) is 58.0 Å². The van der Waals surface area contributed by atoms with E-state index in [1.54, 1.807) is 6.26 Å². The first-order valence-corrected chi connectivity index (χ1v) is 9.32. The molecule has 0 fully saturated rings. The third kappa shape index (κ3) is 5.22. The number of benzene rings is 1. The molecule has 25 heavy (non-hydrogen) atoms. The fourth-order valence-electron chi connectivity index (χ4n) is 3.28. The SMILES string of the molecule is CC[C@](C)(CCNC(=O)C[C@@H](c1ccco1)C(C)C)c1ccccc1. The van der Waals surface area contributed by atoms with E-state index in [-0.39, 0.29) is 17.2 Å². The summed E-state index contributed by atoms with van der Waals surface area (Å²) < 4.78 is 5.51. The average Bonchev–Trinajstić information content (AvgIpc) is 3.14. The molecule has 1 N–H and O–H groups in total. The third-order valence-corrected chi connectivity index (χ3v) is 5.37. The van der Waals surface area contributed by atoms with Gasteiger partial charge in [-0.15, -0.1) is 0 Å². The molecule has 1 amide bonds. The summed E-state index contributed by atoms with van der Waals surface area (Å²) in [6, 6.07) is 14.4. The molecule has 2 aromatic rings. The van der Waals surface area contributed by atoms with Gasteiger partial charge in [-0.25, -0.2) is 0 Å². The number of carbonyl (C=O) groups excluding carboxylic acids is 1. The van der Waals surface area contributed by atoms with Crippen LogP contribution in [0.4, 0.5) is 0 Å². The maximum absolute atomic E-state index is 12.4. The zero-order valence-corrected chi connectivity index (χ0v) is 15.9. The van der Waals surface area contributed by atoms with E-state index in [9.17, 15) is 4.79 Å². The van der Waals surface area contributed by atoms with Crippen LogP contribution in [0, 0.1) is 5.92 Å². The Morgan fingerprint density at radius 1 is 1.16 bits per heavy atom. The molecule has 0 unspecified atom stereocenters. The highest BCUT2D eigenvalue weighted by atomic mass is 16.3. The molecule has 0 spiro atoms. The van der Waals surface area contributed by atoms with Gasteiger partial charge in [-0.3, -0.25) is 4.79 Å². The molecule has 136 valence electrons. The maximum Gasteiger partial charge on any atom is 0.220 e. The van der Waals surface area contributed by atoms with Crippen LogP contribution in [0.2, 0.25) is 0 Å². The van der Waals surface area contributed by atoms with Gasteiger partial charge in [0.1, 0.15) is 5.76 Å². The van der Waals surface area contributed by atoms with Crippen LogP contribution in [0.1, 0.15) is 64.2 Å². The quantitative estimate of drug-likeness (QED) is 0.674. The van der Waals surface area contributed by atoms with Gasteiger partial charge in [-0.2, -0.15) is 0 Å². The largest absolute Gasteiger partial charge is 0.469 e. The second-order valence-electron chi connectivity index (χ2n) is 7.45. The monoisotopic (exact) mass is 341 g/mol. The van der Waals surface area contributed by atoms with E-state index in [1.165, 1.54) is 5.56 Å². The second-order valence-corrected chi connectivity index (χ2v) is 7.45. The van der Waals surface area contributed by atoms with Crippen molar-refractivity contribution in [1.82, 2.24) is 5.32 Å². The molecule has 0 aliphatic heterocycles. The molecule has 2 rings (SSSR count). The van der Waals surface area contributed by atoms with E-state index in [1.807, 2.05) is 18.2 Å². The van der Waals surface area contributed by atoms with E-state index in [4.69, 9.17) is 4.42 Å². The van der Waals surface area contributed by atoms with Crippen molar-refractivity contribution in [2.24, 2.45) is 5.92 Å². The molecule has 1 aromatic carbocycles. The fourth-order valence-corrected chi connectivity index (χ4v) is 3.28. The lowest BCUT2D eigenvalue weighted by atomic mass is 9.77. The van der Waals surface area contributed by atoms with Crippen LogP contribution in [0.25, 0.3) is 0 Å². The Labute approximate surface area is 151 Å². The van der Waals surface area contributed by atoms with Gasteiger partial charge in [0.05, 0.1) is 6.26 Å². The van der Waals surface area contributed by atoms with Crippen LogP contribution in [-0.4, -0.2) is 12.5 Å². The molecule has 0 saturated carbocycles. The Kier molecular flexibility index (Phi) is 6.86. The summed E-state index contributed by atoms with van der Waals surface area (Å²) in [4.78, 5) is 12.4. The maximum atomic E-state index is 12.4. The average molecular weight is 341 g/mol. The zero-order chi connectivity index (χ0) is 18.3. The van der Waals surface area contributed by atoms with Gasteiger partial charge in [0.25, 0.3) is 0 Å². The number of hydrogen-bond donors (Lipinski definition) is 1. The van der Waals surface area contributed by atoms with Crippen molar-refractivity contribution in [1.29, 1.82) is 0 Å². The van der Waals surface area contributed by atoms with Crippen LogP contribution >= 0.6 is 0 Å². The van der Waals surface area contributed by atoms with Gasteiger partial charge >= 0.3 is 0 Å². The first kappa shape index (κ1) is 19.3. The Morgan fingerprint density at radius 2 is 1.88 bits per heavy atom. The summed E-state index contributed by atoms with van der Waals surface area (Å²) in [6.45, 7) is 9.43. The van der Waals surface area contributed by atoms with Gasteiger partial charge in [0, 0.05) is 18.9 Å². The lowest BCUT2D eigenvalue weighted by Crippen LogP contribution is -2.32. The summed E-state index contributed by atoms with van der Waals surface area (Å²) in [6.07, 6.45) is 4.13. The molecule has 3 nitrogen and oxygen atoms in total. The molecule has 2 atom stereocenters. The highest BCUT2D eigenvalue weighted by Gasteiger charge is 2.25.